The first-order valence-corrected chi connectivity index (χ1v) is 3.43. The fourth-order valence-corrected chi connectivity index (χ4v) is 1.02. The highest BCUT2D eigenvalue weighted by Gasteiger charge is 2.13. The summed E-state index contributed by atoms with van der Waals surface area (Å²) in [7, 11) is 0. The van der Waals surface area contributed by atoms with E-state index >= 15 is 0 Å². The summed E-state index contributed by atoms with van der Waals surface area (Å²) in [5.74, 6) is -0.989. The molecule has 0 saturated carbocycles. The van der Waals surface area contributed by atoms with Crippen molar-refractivity contribution >= 4 is 11.1 Å². The zero-order valence-electron chi connectivity index (χ0n) is 6.35. The Morgan fingerprint density at radius 2 is 2.23 bits per heavy atom. The first-order chi connectivity index (χ1) is 6.22. The Morgan fingerprint density at radius 3 is 2.92 bits per heavy atom. The fourth-order valence-electron chi connectivity index (χ4n) is 1.02. The molecule has 2 rings (SSSR count). The van der Waals surface area contributed by atoms with Crippen molar-refractivity contribution in [1.29, 1.82) is 5.26 Å². The zero-order valence-corrected chi connectivity index (χ0v) is 6.35. The molecule has 0 unspecified atom stereocenters. The molecule has 2 aromatic heterocycles. The van der Waals surface area contributed by atoms with E-state index in [1.165, 1.54) is 12.3 Å². The monoisotopic (exact) mass is 176 g/mol. The Kier molecular flexibility index (Phi) is 1.36. The van der Waals surface area contributed by atoms with E-state index < -0.39 is 11.7 Å². The van der Waals surface area contributed by atoms with Gasteiger partial charge < -0.3 is 14.6 Å². The maximum absolute atomic E-state index is 9.17. The van der Waals surface area contributed by atoms with Gasteiger partial charge in [0.15, 0.2) is 11.1 Å². The van der Waals surface area contributed by atoms with E-state index in [0.29, 0.717) is 5.56 Å². The maximum Gasteiger partial charge on any atom is 0.328 e. The van der Waals surface area contributed by atoms with Crippen LogP contribution < -0.4 is 0 Å². The highest BCUT2D eigenvalue weighted by atomic mass is 16.5. The molecule has 0 aromatic carbocycles. The molecule has 0 amide bonds. The van der Waals surface area contributed by atoms with Gasteiger partial charge >= 0.3 is 5.95 Å². The van der Waals surface area contributed by atoms with Crippen LogP contribution in [0.3, 0.4) is 0 Å². The molecule has 0 saturated heterocycles. The third-order valence-electron chi connectivity index (χ3n) is 1.62. The van der Waals surface area contributed by atoms with Crippen LogP contribution in [-0.2, 0) is 0 Å². The standard InChI is InChI=1S/C8H4N2O3/c9-2-4-1-5-6(10-3-4)7(11)8(12)13-5/h1,3,11-12H. The van der Waals surface area contributed by atoms with Crippen molar-refractivity contribution in [2.45, 2.75) is 0 Å². The largest absolute Gasteiger partial charge is 0.500 e. The Balaban J connectivity index is 2.82. The third-order valence-corrected chi connectivity index (χ3v) is 1.62. The van der Waals surface area contributed by atoms with Crippen molar-refractivity contribution in [3.05, 3.63) is 17.8 Å². The van der Waals surface area contributed by atoms with Crippen molar-refractivity contribution in [3.8, 4) is 17.8 Å². The van der Waals surface area contributed by atoms with E-state index in [9.17, 15) is 5.11 Å². The lowest BCUT2D eigenvalue weighted by molar-refractivity contribution is 0.316. The molecule has 5 heteroatoms. The maximum atomic E-state index is 9.17. The van der Waals surface area contributed by atoms with Gasteiger partial charge in [-0.2, -0.15) is 5.26 Å². The molecule has 2 aromatic rings. The number of furan rings is 1. The molecule has 2 N–H and O–H groups in total. The van der Waals surface area contributed by atoms with Crippen molar-refractivity contribution < 1.29 is 14.6 Å². The zero-order chi connectivity index (χ0) is 9.42. The highest BCUT2D eigenvalue weighted by molar-refractivity contribution is 5.82. The molecule has 13 heavy (non-hydrogen) atoms. The minimum atomic E-state index is -0.586. The van der Waals surface area contributed by atoms with Crippen LogP contribution in [0, 0.1) is 11.3 Å². The van der Waals surface area contributed by atoms with Gasteiger partial charge in [-0.3, -0.25) is 0 Å². The van der Waals surface area contributed by atoms with Crippen LogP contribution >= 0.6 is 0 Å². The van der Waals surface area contributed by atoms with Crippen LogP contribution in [0.25, 0.3) is 11.1 Å². The molecular weight excluding hydrogens is 172 g/mol. The smallest absolute Gasteiger partial charge is 0.328 e. The number of hydrogen-bond donors (Lipinski definition) is 2. The van der Waals surface area contributed by atoms with Gasteiger partial charge in [0.25, 0.3) is 0 Å². The molecule has 0 aliphatic carbocycles. The molecule has 64 valence electrons. The van der Waals surface area contributed by atoms with E-state index in [0.717, 1.165) is 0 Å². The average molecular weight is 176 g/mol. The summed E-state index contributed by atoms with van der Waals surface area (Å²) in [5.41, 5.74) is 0.645. The second kappa shape index (κ2) is 2.38. The van der Waals surface area contributed by atoms with Gasteiger partial charge in [-0.25, -0.2) is 4.98 Å². The number of aromatic hydroxyl groups is 2. The number of pyridine rings is 1. The summed E-state index contributed by atoms with van der Waals surface area (Å²) in [6, 6.07) is 3.25. The number of nitrogens with zero attached hydrogens (tertiary/aromatic N) is 2. The second-order valence-corrected chi connectivity index (χ2v) is 2.44. The van der Waals surface area contributed by atoms with Crippen molar-refractivity contribution in [3.63, 3.8) is 0 Å². The Labute approximate surface area is 72.5 Å². The number of aromatic nitrogens is 1. The lowest BCUT2D eigenvalue weighted by Crippen LogP contribution is -1.77. The molecular formula is C8H4N2O3. The number of rotatable bonds is 0. The quantitative estimate of drug-likeness (QED) is 0.627. The third kappa shape index (κ3) is 0.964. The molecule has 5 nitrogen and oxygen atoms in total. The van der Waals surface area contributed by atoms with Crippen LogP contribution in [0.1, 0.15) is 5.56 Å². The SMILES string of the molecule is N#Cc1cnc2c(O)c(O)oc2c1. The molecule has 0 spiro atoms. The van der Waals surface area contributed by atoms with Crippen molar-refractivity contribution in [2.75, 3.05) is 0 Å². The van der Waals surface area contributed by atoms with Gasteiger partial charge in [-0.05, 0) is 0 Å². The number of nitriles is 1. The number of fused-ring (bicyclic) bond motifs is 1. The fraction of sp³-hybridized carbons (Fsp3) is 0. The summed E-state index contributed by atoms with van der Waals surface area (Å²) in [5, 5.41) is 26.7. The molecule has 0 radical (unpaired) electrons. The van der Waals surface area contributed by atoms with Crippen molar-refractivity contribution in [1.82, 2.24) is 4.98 Å². The van der Waals surface area contributed by atoms with E-state index in [1.54, 1.807) is 0 Å². The van der Waals surface area contributed by atoms with E-state index in [4.69, 9.17) is 14.8 Å². The van der Waals surface area contributed by atoms with Gasteiger partial charge in [0, 0.05) is 12.3 Å². The van der Waals surface area contributed by atoms with E-state index in [2.05, 4.69) is 4.98 Å². The van der Waals surface area contributed by atoms with E-state index in [-0.39, 0.29) is 11.1 Å². The summed E-state index contributed by atoms with van der Waals surface area (Å²) < 4.78 is 4.73. The predicted octanol–water partition coefficient (Wildman–Crippen LogP) is 1.11. The second-order valence-electron chi connectivity index (χ2n) is 2.44. The minimum Gasteiger partial charge on any atom is -0.500 e. The lowest BCUT2D eigenvalue weighted by Gasteiger charge is -1.87. The van der Waals surface area contributed by atoms with Gasteiger partial charge in [0.1, 0.15) is 6.07 Å². The average Bonchev–Trinajstić information content (AvgIpc) is 2.42. The Morgan fingerprint density at radius 1 is 1.46 bits per heavy atom. The van der Waals surface area contributed by atoms with Gasteiger partial charge in [-0.1, -0.05) is 0 Å². The van der Waals surface area contributed by atoms with Gasteiger partial charge in [0.05, 0.1) is 5.56 Å². The molecule has 0 aliphatic rings. The summed E-state index contributed by atoms with van der Waals surface area (Å²) in [6.07, 6.45) is 1.29. The normalized spacial score (nSPS) is 10.1. The van der Waals surface area contributed by atoms with Gasteiger partial charge in [-0.15, -0.1) is 0 Å². The van der Waals surface area contributed by atoms with Crippen LogP contribution in [0.15, 0.2) is 16.7 Å². The molecule has 0 atom stereocenters. The molecule has 2 heterocycles. The number of hydrogen-bond acceptors (Lipinski definition) is 5. The minimum absolute atomic E-state index is 0.150. The first-order valence-electron chi connectivity index (χ1n) is 3.43. The first kappa shape index (κ1) is 7.43. The van der Waals surface area contributed by atoms with Crippen LogP contribution in [0.4, 0.5) is 0 Å². The molecule has 0 bridgehead atoms. The summed E-state index contributed by atoms with van der Waals surface area (Å²) in [6.45, 7) is 0. The van der Waals surface area contributed by atoms with Crippen LogP contribution in [0.5, 0.6) is 11.7 Å². The topological polar surface area (TPSA) is 90.3 Å². The highest BCUT2D eigenvalue weighted by Crippen LogP contribution is 2.35. The Bertz CT molecular complexity index is 510. The lowest BCUT2D eigenvalue weighted by atomic mass is 10.3. The predicted molar refractivity (Wildman–Crippen MR) is 42.1 cm³/mol. The van der Waals surface area contributed by atoms with Crippen LogP contribution in [-0.4, -0.2) is 15.2 Å². The van der Waals surface area contributed by atoms with Gasteiger partial charge in [0.2, 0.25) is 5.75 Å². The molecule has 0 aliphatic heterocycles. The Hall–Kier alpha value is -2.22. The molecule has 0 fully saturated rings. The van der Waals surface area contributed by atoms with Crippen LogP contribution in [0.2, 0.25) is 0 Å². The van der Waals surface area contributed by atoms with Crippen molar-refractivity contribution in [2.24, 2.45) is 0 Å². The summed E-state index contributed by atoms with van der Waals surface area (Å²) >= 11 is 0. The summed E-state index contributed by atoms with van der Waals surface area (Å²) in [4.78, 5) is 3.75. The van der Waals surface area contributed by atoms with E-state index in [1.807, 2.05) is 6.07 Å².